The third kappa shape index (κ3) is 0.604. The van der Waals surface area contributed by atoms with E-state index >= 15 is 0 Å². The normalized spacial score (nSPS) is 10.4. The molecule has 0 aliphatic carbocycles. The second-order valence-electron chi connectivity index (χ2n) is 1.81. The van der Waals surface area contributed by atoms with Crippen LogP contribution < -0.4 is 5.69 Å². The van der Waals surface area contributed by atoms with E-state index in [0.29, 0.717) is 11.2 Å². The first-order valence-corrected chi connectivity index (χ1v) is 2.67. The molecule has 0 saturated carbocycles. The standard InChI is InChI=1S/C5H3N4O/c10-5-8-3-1-6-2-7-4(3)9-5/h1H,(H2,6,7,8,9,10). The topological polar surface area (TPSA) is 74.4 Å². The summed E-state index contributed by atoms with van der Waals surface area (Å²) in [5.74, 6) is 0. The Morgan fingerprint density at radius 1 is 1.50 bits per heavy atom. The molecule has 10 heavy (non-hydrogen) atoms. The molecule has 0 aliphatic heterocycles. The lowest BCUT2D eigenvalue weighted by Gasteiger charge is -1.79. The Bertz CT molecular complexity index is 365. The van der Waals surface area contributed by atoms with Crippen molar-refractivity contribution in [3.63, 3.8) is 0 Å². The summed E-state index contributed by atoms with van der Waals surface area (Å²) in [5, 5.41) is 0. The second kappa shape index (κ2) is 1.66. The van der Waals surface area contributed by atoms with Gasteiger partial charge in [-0.05, 0) is 0 Å². The molecule has 0 atom stereocenters. The number of imidazole rings is 1. The maximum Gasteiger partial charge on any atom is 0.325 e. The third-order valence-electron chi connectivity index (χ3n) is 1.15. The Labute approximate surface area is 55.1 Å². The van der Waals surface area contributed by atoms with E-state index < -0.39 is 0 Å². The fourth-order valence-corrected chi connectivity index (χ4v) is 0.742. The van der Waals surface area contributed by atoms with Crippen LogP contribution in [0.2, 0.25) is 0 Å². The Morgan fingerprint density at radius 3 is 3.20 bits per heavy atom. The summed E-state index contributed by atoms with van der Waals surface area (Å²) >= 11 is 0. The number of rotatable bonds is 0. The lowest BCUT2D eigenvalue weighted by atomic mass is 10.6. The molecule has 0 spiro atoms. The molecule has 1 radical (unpaired) electrons. The Hall–Kier alpha value is -1.65. The minimum Gasteiger partial charge on any atom is -0.303 e. The van der Waals surface area contributed by atoms with Gasteiger partial charge in [0.1, 0.15) is 5.52 Å². The van der Waals surface area contributed by atoms with E-state index in [1.165, 1.54) is 6.20 Å². The molecule has 2 aromatic heterocycles. The predicted molar refractivity (Wildman–Crippen MR) is 33.3 cm³/mol. The molecule has 2 aromatic rings. The van der Waals surface area contributed by atoms with Crippen LogP contribution in [-0.2, 0) is 0 Å². The lowest BCUT2D eigenvalue weighted by molar-refractivity contribution is 1.17. The van der Waals surface area contributed by atoms with E-state index in [0.717, 1.165) is 0 Å². The van der Waals surface area contributed by atoms with E-state index in [4.69, 9.17) is 0 Å². The summed E-state index contributed by atoms with van der Waals surface area (Å²) in [6.45, 7) is 0. The van der Waals surface area contributed by atoms with Gasteiger partial charge in [0, 0.05) is 0 Å². The number of nitrogens with one attached hydrogen (secondary N) is 2. The highest BCUT2D eigenvalue weighted by Gasteiger charge is 1.95. The average Bonchev–Trinajstić information content (AvgIpc) is 2.27. The van der Waals surface area contributed by atoms with Crippen LogP contribution in [0, 0.1) is 6.33 Å². The zero-order valence-corrected chi connectivity index (χ0v) is 4.88. The van der Waals surface area contributed by atoms with Crippen LogP contribution in [0.1, 0.15) is 0 Å². The van der Waals surface area contributed by atoms with E-state index in [1.54, 1.807) is 0 Å². The van der Waals surface area contributed by atoms with Gasteiger partial charge in [-0.2, -0.15) is 0 Å². The second-order valence-corrected chi connectivity index (χ2v) is 1.81. The van der Waals surface area contributed by atoms with Crippen LogP contribution in [0.3, 0.4) is 0 Å². The number of nitrogens with zero attached hydrogens (tertiary/aromatic N) is 2. The smallest absolute Gasteiger partial charge is 0.303 e. The summed E-state index contributed by atoms with van der Waals surface area (Å²) in [4.78, 5) is 22.8. The molecule has 0 bridgehead atoms. The molecular formula is C5H3N4O. The molecule has 5 nitrogen and oxygen atoms in total. The molecule has 0 aromatic carbocycles. The highest BCUT2D eigenvalue weighted by atomic mass is 16.1. The monoisotopic (exact) mass is 135 g/mol. The van der Waals surface area contributed by atoms with Crippen molar-refractivity contribution >= 4 is 11.2 Å². The highest BCUT2D eigenvalue weighted by molar-refractivity contribution is 5.67. The van der Waals surface area contributed by atoms with Gasteiger partial charge < -0.3 is 4.98 Å². The zero-order chi connectivity index (χ0) is 6.97. The van der Waals surface area contributed by atoms with Gasteiger partial charge in [-0.3, -0.25) is 4.98 Å². The summed E-state index contributed by atoms with van der Waals surface area (Å²) in [6, 6.07) is 0. The van der Waals surface area contributed by atoms with Gasteiger partial charge >= 0.3 is 5.69 Å². The molecule has 0 saturated heterocycles. The largest absolute Gasteiger partial charge is 0.325 e. The average molecular weight is 135 g/mol. The van der Waals surface area contributed by atoms with Crippen LogP contribution in [0.5, 0.6) is 0 Å². The van der Waals surface area contributed by atoms with Gasteiger partial charge in [-0.25, -0.2) is 14.8 Å². The SMILES string of the molecule is O=c1[nH]c2cn[c]nc2[nH]1. The number of aromatic amines is 2. The summed E-state index contributed by atoms with van der Waals surface area (Å²) < 4.78 is 0. The number of hydrogen-bond acceptors (Lipinski definition) is 3. The Morgan fingerprint density at radius 2 is 2.40 bits per heavy atom. The molecule has 0 unspecified atom stereocenters. The molecule has 0 amide bonds. The molecule has 0 fully saturated rings. The van der Waals surface area contributed by atoms with Crippen molar-refractivity contribution in [3.05, 3.63) is 23.0 Å². The summed E-state index contributed by atoms with van der Waals surface area (Å²) in [6.07, 6.45) is 3.84. The molecule has 2 N–H and O–H groups in total. The number of hydrogen-bond donors (Lipinski definition) is 2. The van der Waals surface area contributed by atoms with Crippen LogP contribution in [0.25, 0.3) is 11.2 Å². The molecular weight excluding hydrogens is 132 g/mol. The maximum atomic E-state index is 10.6. The van der Waals surface area contributed by atoms with Gasteiger partial charge in [0.05, 0.1) is 6.20 Å². The van der Waals surface area contributed by atoms with Crippen LogP contribution in [-0.4, -0.2) is 19.9 Å². The predicted octanol–water partition coefficient (Wildman–Crippen LogP) is -0.554. The first-order chi connectivity index (χ1) is 4.86. The van der Waals surface area contributed by atoms with Crippen molar-refractivity contribution in [3.8, 4) is 0 Å². The minimum absolute atomic E-state index is 0.274. The zero-order valence-electron chi connectivity index (χ0n) is 4.88. The van der Waals surface area contributed by atoms with Crippen molar-refractivity contribution in [1.82, 2.24) is 19.9 Å². The van der Waals surface area contributed by atoms with Gasteiger partial charge in [0.15, 0.2) is 12.0 Å². The van der Waals surface area contributed by atoms with Crippen molar-refractivity contribution in [2.45, 2.75) is 0 Å². The van der Waals surface area contributed by atoms with Crippen molar-refractivity contribution in [2.75, 3.05) is 0 Å². The molecule has 0 aliphatic rings. The van der Waals surface area contributed by atoms with Crippen LogP contribution >= 0.6 is 0 Å². The van der Waals surface area contributed by atoms with Gasteiger partial charge in [-0.1, -0.05) is 0 Å². The minimum atomic E-state index is -0.274. The number of H-pyrrole nitrogens is 2. The van der Waals surface area contributed by atoms with Crippen LogP contribution in [0.4, 0.5) is 0 Å². The number of aromatic nitrogens is 4. The Balaban J connectivity index is 3.01. The van der Waals surface area contributed by atoms with Gasteiger partial charge in [-0.15, -0.1) is 0 Å². The van der Waals surface area contributed by atoms with E-state index in [-0.39, 0.29) is 5.69 Å². The maximum absolute atomic E-state index is 10.6. The molecule has 49 valence electrons. The van der Waals surface area contributed by atoms with Crippen molar-refractivity contribution in [2.24, 2.45) is 0 Å². The fourth-order valence-electron chi connectivity index (χ4n) is 0.742. The molecule has 2 rings (SSSR count). The summed E-state index contributed by atoms with van der Waals surface area (Å²) in [7, 11) is 0. The van der Waals surface area contributed by atoms with E-state index in [1.807, 2.05) is 0 Å². The van der Waals surface area contributed by atoms with Crippen molar-refractivity contribution in [1.29, 1.82) is 0 Å². The van der Waals surface area contributed by atoms with Crippen molar-refractivity contribution < 1.29 is 0 Å². The van der Waals surface area contributed by atoms with Gasteiger partial charge in [0.2, 0.25) is 0 Å². The molecule has 5 heteroatoms. The van der Waals surface area contributed by atoms with Crippen LogP contribution in [0.15, 0.2) is 11.0 Å². The first-order valence-electron chi connectivity index (χ1n) is 2.67. The quantitative estimate of drug-likeness (QED) is 0.508. The molecule has 2 heterocycles. The fraction of sp³-hybridized carbons (Fsp3) is 0. The highest BCUT2D eigenvalue weighted by Crippen LogP contribution is 1.95. The Kier molecular flexibility index (Phi) is 0.858. The van der Waals surface area contributed by atoms with E-state index in [9.17, 15) is 4.79 Å². The number of fused-ring (bicyclic) bond motifs is 1. The van der Waals surface area contributed by atoms with E-state index in [2.05, 4.69) is 26.3 Å². The van der Waals surface area contributed by atoms with Gasteiger partial charge in [0.25, 0.3) is 0 Å². The third-order valence-corrected chi connectivity index (χ3v) is 1.15. The lowest BCUT2D eigenvalue weighted by Crippen LogP contribution is -1.99. The first kappa shape index (κ1) is 5.16. The summed E-state index contributed by atoms with van der Waals surface area (Å²) in [5.41, 5.74) is 0.813.